The molecule has 5 heteroatoms. The van der Waals surface area contributed by atoms with E-state index in [0.717, 1.165) is 30.5 Å². The van der Waals surface area contributed by atoms with Gasteiger partial charge in [-0.1, -0.05) is 36.7 Å². The van der Waals surface area contributed by atoms with Crippen molar-refractivity contribution in [2.75, 3.05) is 12.8 Å². The fourth-order valence-corrected chi connectivity index (χ4v) is 3.75. The molecule has 1 unspecified atom stereocenters. The van der Waals surface area contributed by atoms with E-state index in [1.165, 1.54) is 6.26 Å². The molecule has 0 fully saturated rings. The standard InChI is InChI=1S/C14H18ClNO2S/c1-3-11-9-10(7-8-16-11)12-5-4-6-13(14(12)15)19(2,17)18/h4-7,11,16H,3,8-9H2,1-2H3. The maximum atomic E-state index is 11.7. The van der Waals surface area contributed by atoms with Crippen LogP contribution < -0.4 is 5.32 Å². The van der Waals surface area contributed by atoms with E-state index in [2.05, 4.69) is 18.3 Å². The van der Waals surface area contributed by atoms with E-state index in [-0.39, 0.29) is 4.90 Å². The van der Waals surface area contributed by atoms with Crippen LogP contribution in [0.2, 0.25) is 5.02 Å². The predicted molar refractivity (Wildman–Crippen MR) is 79.2 cm³/mol. The van der Waals surface area contributed by atoms with Gasteiger partial charge in [-0.3, -0.25) is 0 Å². The minimum atomic E-state index is -3.29. The topological polar surface area (TPSA) is 46.2 Å². The second-order valence-corrected chi connectivity index (χ2v) is 7.20. The van der Waals surface area contributed by atoms with Crippen LogP contribution in [0.1, 0.15) is 25.3 Å². The van der Waals surface area contributed by atoms with Gasteiger partial charge in [0.2, 0.25) is 0 Å². The third-order valence-corrected chi connectivity index (χ3v) is 5.08. The van der Waals surface area contributed by atoms with Gasteiger partial charge < -0.3 is 5.32 Å². The van der Waals surface area contributed by atoms with E-state index in [9.17, 15) is 8.42 Å². The Morgan fingerprint density at radius 3 is 2.79 bits per heavy atom. The van der Waals surface area contributed by atoms with Crippen LogP contribution in [0.15, 0.2) is 29.2 Å². The number of benzene rings is 1. The van der Waals surface area contributed by atoms with E-state index < -0.39 is 9.84 Å². The first-order valence-corrected chi connectivity index (χ1v) is 8.61. The summed E-state index contributed by atoms with van der Waals surface area (Å²) in [5.41, 5.74) is 1.96. The van der Waals surface area contributed by atoms with Gasteiger partial charge in [-0.2, -0.15) is 0 Å². The zero-order valence-corrected chi connectivity index (χ0v) is 12.7. The molecular weight excluding hydrogens is 282 g/mol. The second-order valence-electron chi connectivity index (χ2n) is 4.84. The molecule has 1 atom stereocenters. The molecule has 1 aromatic carbocycles. The van der Waals surface area contributed by atoms with Crippen molar-refractivity contribution in [2.45, 2.75) is 30.7 Å². The van der Waals surface area contributed by atoms with Crippen molar-refractivity contribution in [3.8, 4) is 0 Å². The van der Waals surface area contributed by atoms with E-state index in [4.69, 9.17) is 11.6 Å². The molecule has 0 amide bonds. The van der Waals surface area contributed by atoms with Crippen LogP contribution in [0.4, 0.5) is 0 Å². The minimum absolute atomic E-state index is 0.208. The fourth-order valence-electron chi connectivity index (χ4n) is 2.32. The molecule has 0 radical (unpaired) electrons. The molecule has 1 aliphatic rings. The van der Waals surface area contributed by atoms with Crippen LogP contribution in [0.25, 0.3) is 5.57 Å². The Labute approximate surface area is 119 Å². The smallest absolute Gasteiger partial charge is 0.177 e. The minimum Gasteiger partial charge on any atom is -0.310 e. The van der Waals surface area contributed by atoms with Crippen molar-refractivity contribution in [2.24, 2.45) is 0 Å². The van der Waals surface area contributed by atoms with Crippen LogP contribution in [0.5, 0.6) is 0 Å². The summed E-state index contributed by atoms with van der Waals surface area (Å²) < 4.78 is 23.4. The van der Waals surface area contributed by atoms with E-state index in [0.29, 0.717) is 11.1 Å². The summed E-state index contributed by atoms with van der Waals surface area (Å²) in [4.78, 5) is 0.208. The highest BCUT2D eigenvalue weighted by Gasteiger charge is 2.20. The second kappa shape index (κ2) is 5.65. The van der Waals surface area contributed by atoms with Gasteiger partial charge in [-0.25, -0.2) is 8.42 Å². The summed E-state index contributed by atoms with van der Waals surface area (Å²) in [7, 11) is -3.29. The lowest BCUT2D eigenvalue weighted by Gasteiger charge is -2.24. The Morgan fingerprint density at radius 1 is 1.42 bits per heavy atom. The van der Waals surface area contributed by atoms with E-state index in [1.807, 2.05) is 6.07 Å². The predicted octanol–water partition coefficient (Wildman–Crippen LogP) is 2.90. The van der Waals surface area contributed by atoms with Gasteiger partial charge in [0.1, 0.15) is 0 Å². The zero-order valence-electron chi connectivity index (χ0n) is 11.1. The van der Waals surface area contributed by atoms with Gasteiger partial charge in [0, 0.05) is 18.8 Å². The van der Waals surface area contributed by atoms with Gasteiger partial charge in [0.05, 0.1) is 9.92 Å². The van der Waals surface area contributed by atoms with E-state index in [1.54, 1.807) is 12.1 Å². The lowest BCUT2D eigenvalue weighted by molar-refractivity contribution is 0.521. The highest BCUT2D eigenvalue weighted by molar-refractivity contribution is 7.90. The Balaban J connectivity index is 2.44. The number of hydrogen-bond donors (Lipinski definition) is 1. The zero-order chi connectivity index (χ0) is 14.0. The number of sulfone groups is 1. The van der Waals surface area contributed by atoms with Gasteiger partial charge in [-0.15, -0.1) is 0 Å². The molecule has 1 heterocycles. The van der Waals surface area contributed by atoms with Crippen molar-refractivity contribution < 1.29 is 8.42 Å². The maximum absolute atomic E-state index is 11.7. The molecule has 1 N–H and O–H groups in total. The average Bonchev–Trinajstić information content (AvgIpc) is 2.37. The molecule has 1 aromatic rings. The molecule has 0 saturated heterocycles. The SMILES string of the molecule is CCC1CC(c2cccc(S(C)(=O)=O)c2Cl)=CCN1. The molecule has 2 rings (SSSR count). The monoisotopic (exact) mass is 299 g/mol. The van der Waals surface area contributed by atoms with Gasteiger partial charge in [-0.05, 0) is 30.0 Å². The first-order valence-electron chi connectivity index (χ1n) is 6.35. The Hall–Kier alpha value is -0.840. The number of rotatable bonds is 3. The van der Waals surface area contributed by atoms with Crippen molar-refractivity contribution in [3.05, 3.63) is 34.9 Å². The first-order chi connectivity index (χ1) is 8.93. The number of hydrogen-bond acceptors (Lipinski definition) is 3. The van der Waals surface area contributed by atoms with Crippen LogP contribution in [-0.2, 0) is 9.84 Å². The lowest BCUT2D eigenvalue weighted by Crippen LogP contribution is -2.32. The molecule has 19 heavy (non-hydrogen) atoms. The summed E-state index contributed by atoms with van der Waals surface area (Å²) in [5, 5.41) is 3.74. The lowest BCUT2D eigenvalue weighted by atomic mass is 9.94. The van der Waals surface area contributed by atoms with Crippen LogP contribution in [-0.4, -0.2) is 27.3 Å². The van der Waals surface area contributed by atoms with Crippen molar-refractivity contribution >= 4 is 27.0 Å². The molecule has 3 nitrogen and oxygen atoms in total. The number of nitrogens with one attached hydrogen (secondary N) is 1. The summed E-state index contributed by atoms with van der Waals surface area (Å²) in [6.07, 6.45) is 5.19. The van der Waals surface area contributed by atoms with Gasteiger partial charge >= 0.3 is 0 Å². The van der Waals surface area contributed by atoms with Gasteiger partial charge in [0.25, 0.3) is 0 Å². The number of halogens is 1. The van der Waals surface area contributed by atoms with Crippen LogP contribution in [0, 0.1) is 0 Å². The quantitative estimate of drug-likeness (QED) is 0.933. The third-order valence-electron chi connectivity index (χ3n) is 3.42. The summed E-state index contributed by atoms with van der Waals surface area (Å²) in [6.45, 7) is 2.93. The summed E-state index contributed by atoms with van der Waals surface area (Å²) in [6, 6.07) is 5.63. The Bertz CT molecular complexity index is 608. The molecule has 0 spiro atoms. The van der Waals surface area contributed by atoms with Crippen LogP contribution in [0.3, 0.4) is 0 Å². The third kappa shape index (κ3) is 3.19. The van der Waals surface area contributed by atoms with Crippen molar-refractivity contribution in [1.82, 2.24) is 5.32 Å². The molecular formula is C14H18ClNO2S. The largest absolute Gasteiger partial charge is 0.310 e. The van der Waals surface area contributed by atoms with Crippen LogP contribution >= 0.6 is 11.6 Å². The highest BCUT2D eigenvalue weighted by atomic mass is 35.5. The van der Waals surface area contributed by atoms with Gasteiger partial charge in [0.15, 0.2) is 9.84 Å². The van der Waals surface area contributed by atoms with Crippen molar-refractivity contribution in [1.29, 1.82) is 0 Å². The summed E-state index contributed by atoms with van der Waals surface area (Å²) >= 11 is 6.28. The van der Waals surface area contributed by atoms with E-state index >= 15 is 0 Å². The normalized spacial score (nSPS) is 20.2. The maximum Gasteiger partial charge on any atom is 0.177 e. The molecule has 0 saturated carbocycles. The molecule has 0 aliphatic carbocycles. The Morgan fingerprint density at radius 2 is 2.16 bits per heavy atom. The fraction of sp³-hybridized carbons (Fsp3) is 0.429. The first kappa shape index (κ1) is 14.6. The molecule has 0 aromatic heterocycles. The summed E-state index contributed by atoms with van der Waals surface area (Å²) in [5.74, 6) is 0. The highest BCUT2D eigenvalue weighted by Crippen LogP contribution is 2.33. The molecule has 104 valence electrons. The average molecular weight is 300 g/mol. The van der Waals surface area contributed by atoms with Crippen molar-refractivity contribution in [3.63, 3.8) is 0 Å². The molecule has 0 bridgehead atoms. The Kier molecular flexibility index (Phi) is 4.33. The molecule has 1 aliphatic heterocycles.